The second kappa shape index (κ2) is 12.4. The van der Waals surface area contributed by atoms with Crippen molar-refractivity contribution in [2.75, 3.05) is 18.9 Å². The summed E-state index contributed by atoms with van der Waals surface area (Å²) in [6, 6.07) is 4.11. The molecular weight excluding hydrogens is 502 g/mol. The van der Waals surface area contributed by atoms with Crippen molar-refractivity contribution in [2.24, 2.45) is 0 Å². The first-order valence-electron chi connectivity index (χ1n) is 11.4. The Bertz CT molecular complexity index is 944. The molecule has 0 unspecified atom stereocenters. The van der Waals surface area contributed by atoms with Gasteiger partial charge < -0.3 is 65.5 Å². The lowest BCUT2D eigenvalue weighted by Gasteiger charge is -2.42. The number of nitrogen functional groups attached to an aromatic ring is 1. The summed E-state index contributed by atoms with van der Waals surface area (Å²) in [5, 5.41) is 78.9. The van der Waals surface area contributed by atoms with Crippen LogP contribution in [0.4, 0.5) is 5.69 Å². The first-order chi connectivity index (χ1) is 17.5. The van der Waals surface area contributed by atoms with E-state index in [-0.39, 0.29) is 23.4 Å². The molecule has 0 bridgehead atoms. The lowest BCUT2D eigenvalue weighted by Crippen LogP contribution is -2.62. The van der Waals surface area contributed by atoms with E-state index >= 15 is 0 Å². The second-order valence-corrected chi connectivity index (χ2v) is 8.70. The fraction of sp³-hybridized carbons (Fsp3) is 0.636. The fourth-order valence-corrected chi connectivity index (χ4v) is 3.92. The molecule has 3 rings (SSSR count). The highest BCUT2D eigenvalue weighted by Crippen LogP contribution is 2.31. The van der Waals surface area contributed by atoms with Crippen molar-refractivity contribution in [3.8, 4) is 5.75 Å². The number of carbonyl (C=O) groups excluding carboxylic acids is 1. The summed E-state index contributed by atoms with van der Waals surface area (Å²) in [6.45, 7) is -1.25. The minimum atomic E-state index is -1.79. The monoisotopic (exact) mass is 533 g/mol. The average molecular weight is 533 g/mol. The third kappa shape index (κ3) is 6.53. The molecule has 0 amide bonds. The van der Waals surface area contributed by atoms with Gasteiger partial charge in [0, 0.05) is 12.0 Å². The minimum absolute atomic E-state index is 0.0212. The zero-order valence-corrected chi connectivity index (χ0v) is 19.4. The molecule has 15 heteroatoms. The zero-order chi connectivity index (χ0) is 27.4. The molecular formula is C22H31NO14. The molecule has 2 fully saturated rings. The highest BCUT2D eigenvalue weighted by molar-refractivity contribution is 6.02. The first-order valence-corrected chi connectivity index (χ1v) is 11.4. The number of carboxylic acid groups (broad SMARTS) is 1. The van der Waals surface area contributed by atoms with E-state index in [0.29, 0.717) is 0 Å². The molecule has 10 N–H and O–H groups in total. The topological polar surface area (TPSA) is 259 Å². The SMILES string of the molecule is Nc1c(O[C@@H]2O[C@H](CO[C@@H]3O[C@H](CO)[C@@H](O)[C@H](O)[C@H]3O)[C@@H](O)[C@H](O)[C@H]2O)cccc1C(=O)CCC(=O)O. The molecule has 0 radical (unpaired) electrons. The molecule has 2 saturated heterocycles. The molecule has 1 aromatic rings. The summed E-state index contributed by atoms with van der Waals surface area (Å²) >= 11 is 0. The van der Waals surface area contributed by atoms with Crippen molar-refractivity contribution in [1.29, 1.82) is 0 Å². The maximum absolute atomic E-state index is 12.3. The number of carbonyl (C=O) groups is 2. The molecule has 10 atom stereocenters. The number of hydrogen-bond acceptors (Lipinski definition) is 14. The molecule has 2 aliphatic rings. The van der Waals surface area contributed by atoms with E-state index in [2.05, 4.69) is 0 Å². The lowest BCUT2D eigenvalue weighted by atomic mass is 9.98. The number of nitrogens with two attached hydrogens (primary N) is 1. The number of carboxylic acids is 1. The molecule has 1 aromatic carbocycles. The van der Waals surface area contributed by atoms with Crippen molar-refractivity contribution >= 4 is 17.4 Å². The lowest BCUT2D eigenvalue weighted by molar-refractivity contribution is -0.323. The Morgan fingerprint density at radius 2 is 1.43 bits per heavy atom. The van der Waals surface area contributed by atoms with Crippen LogP contribution in [0.1, 0.15) is 23.2 Å². The van der Waals surface area contributed by atoms with Gasteiger partial charge in [-0.25, -0.2) is 0 Å². The molecule has 0 aromatic heterocycles. The van der Waals surface area contributed by atoms with Gasteiger partial charge in [0.15, 0.2) is 12.1 Å². The van der Waals surface area contributed by atoms with Crippen LogP contribution in [0.3, 0.4) is 0 Å². The molecule has 0 saturated carbocycles. The van der Waals surface area contributed by atoms with E-state index in [1.165, 1.54) is 18.2 Å². The smallest absolute Gasteiger partial charge is 0.303 e. The maximum atomic E-state index is 12.3. The van der Waals surface area contributed by atoms with Crippen LogP contribution in [-0.4, -0.2) is 127 Å². The number of Topliss-reactive ketones (excluding diaryl/α,β-unsaturated/α-hetero) is 1. The predicted molar refractivity (Wildman–Crippen MR) is 119 cm³/mol. The summed E-state index contributed by atoms with van der Waals surface area (Å²) in [4.78, 5) is 23.1. The molecule has 0 spiro atoms. The number of aliphatic carboxylic acids is 1. The predicted octanol–water partition coefficient (Wildman–Crippen LogP) is -3.68. The van der Waals surface area contributed by atoms with E-state index in [0.717, 1.165) is 0 Å². The number of ether oxygens (including phenoxy) is 4. The van der Waals surface area contributed by atoms with Crippen LogP contribution >= 0.6 is 0 Å². The Morgan fingerprint density at radius 3 is 2.05 bits per heavy atom. The Kier molecular flexibility index (Phi) is 9.76. The Hall–Kier alpha value is -2.44. The molecule has 2 heterocycles. The fourth-order valence-electron chi connectivity index (χ4n) is 3.92. The molecule has 2 aliphatic heterocycles. The van der Waals surface area contributed by atoms with Crippen LogP contribution < -0.4 is 10.5 Å². The van der Waals surface area contributed by atoms with Gasteiger partial charge in [-0.15, -0.1) is 0 Å². The van der Waals surface area contributed by atoms with Crippen LogP contribution in [0.25, 0.3) is 0 Å². The van der Waals surface area contributed by atoms with Gasteiger partial charge >= 0.3 is 5.97 Å². The van der Waals surface area contributed by atoms with Crippen molar-refractivity contribution in [1.82, 2.24) is 0 Å². The van der Waals surface area contributed by atoms with Gasteiger partial charge in [-0.2, -0.15) is 0 Å². The Balaban J connectivity index is 1.69. The standard InChI is InChI=1S/C22H31NO14/c23-14-8(9(25)4-5-13(26)27)2-1-3-10(14)35-22-20(33)18(31)16(29)12(37-22)7-34-21-19(32)17(30)15(28)11(6-24)36-21/h1-3,11-12,15-22,24,28-33H,4-7,23H2,(H,26,27)/t11-,12-,15-,16-,17+,18+,19-,20-,21-,22-/m1/s1. The summed E-state index contributed by atoms with van der Waals surface area (Å²) in [6.07, 6.45) is -16.8. The largest absolute Gasteiger partial charge is 0.481 e. The van der Waals surface area contributed by atoms with Gasteiger partial charge in [-0.3, -0.25) is 9.59 Å². The number of para-hydroxylation sites is 1. The van der Waals surface area contributed by atoms with Crippen molar-refractivity contribution in [3.05, 3.63) is 23.8 Å². The maximum Gasteiger partial charge on any atom is 0.303 e. The highest BCUT2D eigenvalue weighted by atomic mass is 16.7. The summed E-state index contributed by atoms with van der Waals surface area (Å²) in [7, 11) is 0. The second-order valence-electron chi connectivity index (χ2n) is 8.70. The van der Waals surface area contributed by atoms with E-state index in [4.69, 9.17) is 29.8 Å². The third-order valence-electron chi connectivity index (χ3n) is 6.12. The average Bonchev–Trinajstić information content (AvgIpc) is 2.87. The zero-order valence-electron chi connectivity index (χ0n) is 19.4. The summed E-state index contributed by atoms with van der Waals surface area (Å²) in [5.74, 6) is -1.85. The normalized spacial score (nSPS) is 36.2. The van der Waals surface area contributed by atoms with E-state index in [1.807, 2.05) is 0 Å². The van der Waals surface area contributed by atoms with Crippen LogP contribution in [-0.2, 0) is 19.0 Å². The molecule has 15 nitrogen and oxygen atoms in total. The van der Waals surface area contributed by atoms with Crippen LogP contribution in [0.5, 0.6) is 5.75 Å². The summed E-state index contributed by atoms with van der Waals surface area (Å²) in [5.41, 5.74) is 5.81. The van der Waals surface area contributed by atoms with Crippen LogP contribution in [0.2, 0.25) is 0 Å². The number of aliphatic hydroxyl groups is 7. The van der Waals surface area contributed by atoms with Crippen LogP contribution in [0.15, 0.2) is 18.2 Å². The molecule has 37 heavy (non-hydrogen) atoms. The molecule has 0 aliphatic carbocycles. The van der Waals surface area contributed by atoms with E-state index in [1.54, 1.807) is 0 Å². The third-order valence-corrected chi connectivity index (χ3v) is 6.12. The van der Waals surface area contributed by atoms with Gasteiger partial charge in [0.05, 0.1) is 25.3 Å². The molecule has 208 valence electrons. The van der Waals surface area contributed by atoms with Gasteiger partial charge in [0.1, 0.15) is 54.6 Å². The quantitative estimate of drug-likeness (QED) is 0.104. The van der Waals surface area contributed by atoms with Crippen LogP contribution in [0, 0.1) is 0 Å². The van der Waals surface area contributed by atoms with Gasteiger partial charge in [0.2, 0.25) is 6.29 Å². The van der Waals surface area contributed by atoms with Crippen molar-refractivity contribution in [2.45, 2.75) is 74.3 Å². The van der Waals surface area contributed by atoms with Gasteiger partial charge in [0.25, 0.3) is 0 Å². The van der Waals surface area contributed by atoms with Gasteiger partial charge in [-0.1, -0.05) is 6.07 Å². The first kappa shape index (κ1) is 29.1. The number of aliphatic hydroxyl groups excluding tert-OH is 7. The number of hydrogen-bond donors (Lipinski definition) is 9. The number of anilines is 1. The van der Waals surface area contributed by atoms with E-state index in [9.17, 15) is 45.3 Å². The number of benzene rings is 1. The number of rotatable bonds is 10. The summed E-state index contributed by atoms with van der Waals surface area (Å²) < 4.78 is 21.7. The Morgan fingerprint density at radius 1 is 0.838 bits per heavy atom. The van der Waals surface area contributed by atoms with Crippen molar-refractivity contribution < 1.29 is 69.4 Å². The Labute approximate surface area is 210 Å². The number of ketones is 1. The highest BCUT2D eigenvalue weighted by Gasteiger charge is 2.48. The van der Waals surface area contributed by atoms with Gasteiger partial charge in [-0.05, 0) is 12.1 Å². The van der Waals surface area contributed by atoms with E-state index < -0.39 is 92.8 Å². The minimum Gasteiger partial charge on any atom is -0.481 e. The van der Waals surface area contributed by atoms with Crippen molar-refractivity contribution in [3.63, 3.8) is 0 Å².